The maximum atomic E-state index is 2.37. The summed E-state index contributed by atoms with van der Waals surface area (Å²) in [6.07, 6.45) is 1.04. The third-order valence-electron chi connectivity index (χ3n) is 6.44. The van der Waals surface area contributed by atoms with E-state index in [-0.39, 0.29) is 10.8 Å². The zero-order chi connectivity index (χ0) is 26.5. The lowest BCUT2D eigenvalue weighted by Gasteiger charge is -2.32. The van der Waals surface area contributed by atoms with Crippen molar-refractivity contribution in [2.24, 2.45) is 0 Å². The van der Waals surface area contributed by atoms with Gasteiger partial charge in [0.1, 0.15) is 0 Å². The normalized spacial score (nSPS) is 10.6. The van der Waals surface area contributed by atoms with E-state index >= 15 is 0 Å². The largest absolute Gasteiger partial charge is 0.0683 e. The zero-order valence-corrected chi connectivity index (χ0v) is 24.6. The summed E-state index contributed by atoms with van der Waals surface area (Å²) in [6.45, 7) is 28.2. The maximum Gasteiger partial charge on any atom is 0.0151 e. The van der Waals surface area contributed by atoms with Crippen molar-refractivity contribution in [2.75, 3.05) is 0 Å². The minimum atomic E-state index is -0.0156. The van der Waals surface area contributed by atoms with Gasteiger partial charge in [-0.1, -0.05) is 136 Å². The van der Waals surface area contributed by atoms with Crippen LogP contribution in [0.25, 0.3) is 0 Å². The number of rotatable bonds is 5. The van der Waals surface area contributed by atoms with Gasteiger partial charge in [-0.2, -0.15) is 0 Å². The Balaban J connectivity index is 0.00000168. The highest BCUT2D eigenvalue weighted by atomic mass is 14.3. The second kappa shape index (κ2) is 14.8. The second-order valence-corrected chi connectivity index (χ2v) is 9.41. The van der Waals surface area contributed by atoms with E-state index in [0.29, 0.717) is 0 Å². The topological polar surface area (TPSA) is 0 Å². The van der Waals surface area contributed by atoms with Gasteiger partial charge in [-0.05, 0) is 71.6 Å². The summed E-state index contributed by atoms with van der Waals surface area (Å²) >= 11 is 0. The van der Waals surface area contributed by atoms with Crippen LogP contribution >= 0.6 is 0 Å². The first-order chi connectivity index (χ1) is 16.1. The molecule has 0 radical (unpaired) electrons. The van der Waals surface area contributed by atoms with E-state index in [9.17, 15) is 0 Å². The van der Waals surface area contributed by atoms with Gasteiger partial charge in [0, 0.05) is 5.41 Å². The lowest BCUT2D eigenvalue weighted by Crippen LogP contribution is -2.25. The smallest absolute Gasteiger partial charge is 0.0151 e. The Kier molecular flexibility index (Phi) is 13.8. The summed E-state index contributed by atoms with van der Waals surface area (Å²) in [4.78, 5) is 0. The van der Waals surface area contributed by atoms with Crippen molar-refractivity contribution in [2.45, 2.75) is 107 Å². The minimum Gasteiger partial charge on any atom is -0.0683 e. The molecule has 34 heavy (non-hydrogen) atoms. The molecule has 0 aliphatic heterocycles. The van der Waals surface area contributed by atoms with Gasteiger partial charge in [0.15, 0.2) is 0 Å². The van der Waals surface area contributed by atoms with Crippen molar-refractivity contribution in [3.63, 3.8) is 0 Å². The molecule has 0 aliphatic rings. The predicted octanol–water partition coefficient (Wildman–Crippen LogP) is 10.5. The Hall–Kier alpha value is -2.34. The fourth-order valence-electron chi connectivity index (χ4n) is 4.87. The molecule has 3 aromatic carbocycles. The Morgan fingerprint density at radius 2 is 0.912 bits per heavy atom. The third-order valence-corrected chi connectivity index (χ3v) is 6.44. The highest BCUT2D eigenvalue weighted by Gasteiger charge is 2.29. The molecule has 0 saturated heterocycles. The third kappa shape index (κ3) is 7.59. The van der Waals surface area contributed by atoms with E-state index in [1.807, 2.05) is 41.5 Å². The molecule has 3 rings (SSSR count). The van der Waals surface area contributed by atoms with E-state index in [4.69, 9.17) is 0 Å². The average Bonchev–Trinajstić information content (AvgIpc) is 2.84. The summed E-state index contributed by atoms with van der Waals surface area (Å²) in [5.74, 6) is 0. The van der Waals surface area contributed by atoms with Gasteiger partial charge < -0.3 is 0 Å². The van der Waals surface area contributed by atoms with E-state index < -0.39 is 0 Å². The molecule has 0 aliphatic carbocycles. The highest BCUT2D eigenvalue weighted by molar-refractivity contribution is 5.48. The van der Waals surface area contributed by atoms with Crippen LogP contribution < -0.4 is 0 Å². The number of hydrogen-bond donors (Lipinski definition) is 0. The fourth-order valence-corrected chi connectivity index (χ4v) is 4.87. The summed E-state index contributed by atoms with van der Waals surface area (Å²) in [5, 5.41) is 0. The molecule has 0 nitrogen and oxygen atoms in total. The molecule has 0 fully saturated rings. The van der Waals surface area contributed by atoms with Crippen LogP contribution in [0.2, 0.25) is 0 Å². The lowest BCUT2D eigenvalue weighted by molar-refractivity contribution is 0.516. The van der Waals surface area contributed by atoms with Gasteiger partial charge in [-0.3, -0.25) is 0 Å². The van der Waals surface area contributed by atoms with E-state index in [1.165, 1.54) is 38.9 Å². The van der Waals surface area contributed by atoms with Crippen LogP contribution in [0.15, 0.2) is 66.7 Å². The summed E-state index contributed by atoms with van der Waals surface area (Å²) in [6, 6.07) is 24.4. The molecule has 0 bridgehead atoms. The molecule has 0 heteroatoms. The first kappa shape index (κ1) is 31.7. The number of benzene rings is 3. The van der Waals surface area contributed by atoms with Crippen LogP contribution in [-0.2, 0) is 17.3 Å². The van der Waals surface area contributed by atoms with Crippen LogP contribution in [0.5, 0.6) is 0 Å². The van der Waals surface area contributed by atoms with E-state index in [1.54, 1.807) is 0 Å². The molecule has 0 heterocycles. The van der Waals surface area contributed by atoms with Crippen molar-refractivity contribution >= 4 is 0 Å². The van der Waals surface area contributed by atoms with Crippen LogP contribution in [0.3, 0.4) is 0 Å². The molecule has 3 aromatic rings. The summed E-state index contributed by atoms with van der Waals surface area (Å²) < 4.78 is 0. The van der Waals surface area contributed by atoms with Gasteiger partial charge in [-0.25, -0.2) is 0 Å². The molecule has 0 spiro atoms. The van der Waals surface area contributed by atoms with Crippen molar-refractivity contribution in [3.8, 4) is 0 Å². The molecule has 0 atom stereocenters. The highest BCUT2D eigenvalue weighted by Crippen LogP contribution is 2.38. The molecule has 0 aromatic heterocycles. The van der Waals surface area contributed by atoms with Gasteiger partial charge in [0.25, 0.3) is 0 Å². The quantitative estimate of drug-likeness (QED) is 0.355. The Morgan fingerprint density at radius 3 is 1.38 bits per heavy atom. The average molecular weight is 461 g/mol. The van der Waals surface area contributed by atoms with Crippen molar-refractivity contribution in [1.82, 2.24) is 0 Å². The van der Waals surface area contributed by atoms with Gasteiger partial charge in [0.2, 0.25) is 0 Å². The molecule has 0 amide bonds. The van der Waals surface area contributed by atoms with Gasteiger partial charge in [-0.15, -0.1) is 0 Å². The van der Waals surface area contributed by atoms with Crippen LogP contribution in [0.4, 0.5) is 0 Å². The maximum absolute atomic E-state index is 2.37. The lowest BCUT2D eigenvalue weighted by atomic mass is 9.71. The zero-order valence-electron chi connectivity index (χ0n) is 24.6. The van der Waals surface area contributed by atoms with E-state index in [0.717, 1.165) is 6.42 Å². The van der Waals surface area contributed by atoms with E-state index in [2.05, 4.69) is 115 Å². The predicted molar refractivity (Wildman–Crippen MR) is 156 cm³/mol. The first-order valence-corrected chi connectivity index (χ1v) is 13.4. The van der Waals surface area contributed by atoms with Gasteiger partial charge >= 0.3 is 0 Å². The van der Waals surface area contributed by atoms with Crippen LogP contribution in [0.1, 0.15) is 108 Å². The molecule has 188 valence electrons. The monoisotopic (exact) mass is 460 g/mol. The second-order valence-electron chi connectivity index (χ2n) is 9.41. The molecule has 0 saturated carbocycles. The first-order valence-electron chi connectivity index (χ1n) is 13.4. The standard InChI is InChI=1S/C28H34.3C2H6/c1-20-13-8-10-16-24(20)27(4,5)19-23-15-12-18-26(22(23)3)28(6,7)25-17-11-9-14-21(25)2;3*1-2/h8-18H,19H2,1-7H3;3*1-2H3. The molecule has 0 unspecified atom stereocenters. The Morgan fingerprint density at radius 1 is 0.500 bits per heavy atom. The summed E-state index contributed by atoms with van der Waals surface area (Å²) in [5.41, 5.74) is 9.98. The summed E-state index contributed by atoms with van der Waals surface area (Å²) in [7, 11) is 0. The van der Waals surface area contributed by atoms with Crippen molar-refractivity contribution < 1.29 is 0 Å². The fraction of sp³-hybridized carbons (Fsp3) is 0.471. The van der Waals surface area contributed by atoms with Crippen molar-refractivity contribution in [1.29, 1.82) is 0 Å². The Labute approximate surface area is 212 Å². The van der Waals surface area contributed by atoms with Crippen LogP contribution in [0, 0.1) is 20.8 Å². The van der Waals surface area contributed by atoms with Gasteiger partial charge in [0.05, 0.1) is 0 Å². The van der Waals surface area contributed by atoms with Crippen molar-refractivity contribution in [3.05, 3.63) is 106 Å². The molecular weight excluding hydrogens is 408 g/mol. The molecular formula is C34H52. The molecule has 0 N–H and O–H groups in total. The number of hydrogen-bond acceptors (Lipinski definition) is 0. The van der Waals surface area contributed by atoms with Crippen LogP contribution in [-0.4, -0.2) is 0 Å². The SMILES string of the molecule is CC.CC.CC.Cc1ccccc1C(C)(C)Cc1cccc(C(C)(C)c2ccccc2C)c1C. The minimum absolute atomic E-state index is 0.0156. The number of aryl methyl sites for hydroxylation is 2. The Bertz CT molecular complexity index is 973.